The molecule has 0 bridgehead atoms. The highest BCUT2D eigenvalue weighted by Gasteiger charge is 2.38. The Hall–Kier alpha value is -1.14. The molecular formula is C9H17NO5. The predicted molar refractivity (Wildman–Crippen MR) is 49.7 cm³/mol. The first-order valence-corrected chi connectivity index (χ1v) is 4.57. The molecule has 0 radical (unpaired) electrons. The molecule has 2 atom stereocenters. The smallest absolute Gasteiger partial charge is 0.313 e. The van der Waals surface area contributed by atoms with Crippen molar-refractivity contribution in [3.63, 3.8) is 0 Å². The van der Waals surface area contributed by atoms with E-state index >= 15 is 0 Å². The van der Waals surface area contributed by atoms with E-state index in [2.05, 4.69) is 0 Å². The van der Waals surface area contributed by atoms with E-state index in [0.717, 1.165) is 0 Å². The van der Waals surface area contributed by atoms with Gasteiger partial charge in [-0.2, -0.15) is 0 Å². The highest BCUT2D eigenvalue weighted by atomic mass is 16.4. The van der Waals surface area contributed by atoms with Gasteiger partial charge >= 0.3 is 5.97 Å². The summed E-state index contributed by atoms with van der Waals surface area (Å²) in [6, 6.07) is -1.17. The Kier molecular flexibility index (Phi) is 4.70. The zero-order valence-electron chi connectivity index (χ0n) is 9.14. The van der Waals surface area contributed by atoms with Gasteiger partial charge in [0, 0.05) is 6.61 Å². The van der Waals surface area contributed by atoms with E-state index < -0.39 is 23.9 Å². The molecule has 0 saturated carbocycles. The highest BCUT2D eigenvalue weighted by Crippen LogP contribution is 2.17. The van der Waals surface area contributed by atoms with Crippen LogP contribution in [0.25, 0.3) is 0 Å². The molecule has 0 aliphatic heterocycles. The second kappa shape index (κ2) is 5.09. The van der Waals surface area contributed by atoms with Gasteiger partial charge in [0.05, 0.1) is 21.1 Å². The fourth-order valence-corrected chi connectivity index (χ4v) is 1.58. The maximum Gasteiger partial charge on any atom is 0.313 e. The Morgan fingerprint density at radius 3 is 2.00 bits per heavy atom. The number of likely N-dealkylation sites (N-methyl/N-ethyl adjacent to an activating group) is 1. The van der Waals surface area contributed by atoms with E-state index in [4.69, 9.17) is 10.2 Å². The van der Waals surface area contributed by atoms with Crippen LogP contribution in [-0.2, 0) is 9.59 Å². The molecule has 0 aromatic carbocycles. The molecule has 0 rings (SSSR count). The van der Waals surface area contributed by atoms with Crippen LogP contribution in [0.2, 0.25) is 0 Å². The summed E-state index contributed by atoms with van der Waals surface area (Å²) in [6.45, 7) is -0.360. The maximum absolute atomic E-state index is 10.9. The van der Waals surface area contributed by atoms with Gasteiger partial charge in [-0.15, -0.1) is 0 Å². The number of nitrogens with zero attached hydrogens (tertiary/aromatic N) is 1. The van der Waals surface area contributed by atoms with Crippen molar-refractivity contribution >= 4 is 11.9 Å². The van der Waals surface area contributed by atoms with Crippen molar-refractivity contribution in [3.05, 3.63) is 0 Å². The Balaban J connectivity index is 5.02. The van der Waals surface area contributed by atoms with E-state index in [-0.39, 0.29) is 17.5 Å². The normalized spacial score (nSPS) is 15.7. The number of aliphatic hydroxyl groups excluding tert-OH is 1. The van der Waals surface area contributed by atoms with Gasteiger partial charge in [-0.05, 0) is 6.42 Å². The summed E-state index contributed by atoms with van der Waals surface area (Å²) in [5.41, 5.74) is 0. The Morgan fingerprint density at radius 1 is 1.33 bits per heavy atom. The predicted octanol–water partition coefficient (Wildman–Crippen LogP) is -2.11. The van der Waals surface area contributed by atoms with Gasteiger partial charge in [0.25, 0.3) is 0 Å². The number of carbonyl (C=O) groups is 2. The number of aliphatic carboxylic acids is 2. The summed E-state index contributed by atoms with van der Waals surface area (Å²) in [5, 5.41) is 28.5. The third-order valence-corrected chi connectivity index (χ3v) is 2.21. The van der Waals surface area contributed by atoms with Gasteiger partial charge in [-0.25, -0.2) is 0 Å². The molecule has 0 aromatic heterocycles. The number of quaternary nitrogens is 1. The van der Waals surface area contributed by atoms with Gasteiger partial charge in [-0.1, -0.05) is 0 Å². The fraction of sp³-hybridized carbons (Fsp3) is 0.778. The number of aliphatic hydroxyl groups is 1. The van der Waals surface area contributed by atoms with Crippen molar-refractivity contribution < 1.29 is 29.4 Å². The molecule has 2 N–H and O–H groups in total. The lowest BCUT2D eigenvalue weighted by molar-refractivity contribution is -0.892. The van der Waals surface area contributed by atoms with Crippen molar-refractivity contribution in [3.8, 4) is 0 Å². The van der Waals surface area contributed by atoms with Crippen LogP contribution in [0.4, 0.5) is 0 Å². The summed E-state index contributed by atoms with van der Waals surface area (Å²) < 4.78 is -0.0562. The minimum absolute atomic E-state index is 0.0562. The minimum Gasteiger partial charge on any atom is -0.544 e. The van der Waals surface area contributed by atoms with Gasteiger partial charge in [0.15, 0.2) is 0 Å². The van der Waals surface area contributed by atoms with Crippen LogP contribution in [0.3, 0.4) is 0 Å². The van der Waals surface area contributed by atoms with Crippen LogP contribution in [0.1, 0.15) is 6.42 Å². The molecule has 0 heterocycles. The van der Waals surface area contributed by atoms with Crippen LogP contribution >= 0.6 is 0 Å². The van der Waals surface area contributed by atoms with E-state index in [9.17, 15) is 14.7 Å². The lowest BCUT2D eigenvalue weighted by Crippen LogP contribution is -2.60. The van der Waals surface area contributed by atoms with Crippen molar-refractivity contribution in [1.82, 2.24) is 0 Å². The molecule has 0 spiro atoms. The monoisotopic (exact) mass is 219 g/mol. The minimum atomic E-state index is -1.41. The van der Waals surface area contributed by atoms with E-state index in [1.165, 1.54) is 0 Å². The zero-order chi connectivity index (χ0) is 12.2. The van der Waals surface area contributed by atoms with Crippen molar-refractivity contribution in [2.24, 2.45) is 5.92 Å². The summed E-state index contributed by atoms with van der Waals surface area (Å²) in [7, 11) is 4.73. The molecule has 0 saturated heterocycles. The van der Waals surface area contributed by atoms with Crippen LogP contribution < -0.4 is 5.11 Å². The first-order valence-electron chi connectivity index (χ1n) is 4.57. The third-order valence-electron chi connectivity index (χ3n) is 2.21. The Bertz CT molecular complexity index is 245. The Morgan fingerprint density at radius 2 is 1.80 bits per heavy atom. The summed E-state index contributed by atoms with van der Waals surface area (Å²) in [5.74, 6) is -3.78. The molecule has 0 aromatic rings. The summed E-state index contributed by atoms with van der Waals surface area (Å²) in [4.78, 5) is 21.8. The molecule has 6 heteroatoms. The lowest BCUT2D eigenvalue weighted by Gasteiger charge is -2.37. The first kappa shape index (κ1) is 13.9. The van der Waals surface area contributed by atoms with Crippen LogP contribution in [-0.4, -0.2) is 60.4 Å². The third kappa shape index (κ3) is 3.85. The quantitative estimate of drug-likeness (QED) is 0.498. The van der Waals surface area contributed by atoms with Gasteiger partial charge in [0.1, 0.15) is 17.9 Å². The average molecular weight is 219 g/mol. The lowest BCUT2D eigenvalue weighted by atomic mass is 9.94. The van der Waals surface area contributed by atoms with Crippen LogP contribution in [0, 0.1) is 5.92 Å². The molecule has 15 heavy (non-hydrogen) atoms. The second-order valence-corrected chi connectivity index (χ2v) is 4.34. The summed E-state index contributed by atoms with van der Waals surface area (Å²) in [6.07, 6.45) is -0.0938. The van der Waals surface area contributed by atoms with Crippen molar-refractivity contribution in [2.45, 2.75) is 12.5 Å². The molecular weight excluding hydrogens is 202 g/mol. The van der Waals surface area contributed by atoms with E-state index in [1.54, 1.807) is 21.1 Å². The summed E-state index contributed by atoms with van der Waals surface area (Å²) >= 11 is 0. The fourth-order valence-electron chi connectivity index (χ4n) is 1.58. The number of rotatable bonds is 6. The zero-order valence-corrected chi connectivity index (χ0v) is 9.14. The highest BCUT2D eigenvalue weighted by molar-refractivity contribution is 5.80. The van der Waals surface area contributed by atoms with E-state index in [1.807, 2.05) is 0 Å². The maximum atomic E-state index is 10.9. The molecule has 6 nitrogen and oxygen atoms in total. The molecule has 0 aliphatic carbocycles. The largest absolute Gasteiger partial charge is 0.544 e. The standard InChI is InChI=1S/C9H17NO5/c1-10(2,3)7(9(14)15)6(4-5-11)8(12)13/h6-7,11H,4-5H2,1-3H3,(H-,12,13,14,15). The Labute approximate surface area is 88.3 Å². The number of hydrogen-bond donors (Lipinski definition) is 2. The molecule has 0 aliphatic rings. The van der Waals surface area contributed by atoms with Crippen LogP contribution in [0.15, 0.2) is 0 Å². The number of hydrogen-bond acceptors (Lipinski definition) is 4. The van der Waals surface area contributed by atoms with Gasteiger partial charge < -0.3 is 24.6 Å². The van der Waals surface area contributed by atoms with Gasteiger partial charge in [-0.3, -0.25) is 4.79 Å². The second-order valence-electron chi connectivity index (χ2n) is 4.34. The SMILES string of the molecule is C[N+](C)(C)C(C(=O)[O-])C(CCO)C(=O)O. The van der Waals surface area contributed by atoms with Crippen molar-refractivity contribution in [2.75, 3.05) is 27.7 Å². The molecule has 0 fully saturated rings. The molecule has 88 valence electrons. The first-order chi connectivity index (χ1) is 6.71. The van der Waals surface area contributed by atoms with Crippen LogP contribution in [0.5, 0.6) is 0 Å². The van der Waals surface area contributed by atoms with Crippen molar-refractivity contribution in [1.29, 1.82) is 0 Å². The number of carboxylic acids is 2. The topological polar surface area (TPSA) is 97.7 Å². The van der Waals surface area contributed by atoms with Gasteiger partial charge in [0.2, 0.25) is 0 Å². The molecule has 2 unspecified atom stereocenters. The van der Waals surface area contributed by atoms with E-state index in [0.29, 0.717) is 0 Å². The molecule has 0 amide bonds. The number of carboxylic acid groups (broad SMARTS) is 2. The number of carbonyl (C=O) groups excluding carboxylic acids is 1. The average Bonchev–Trinajstić information content (AvgIpc) is 1.99.